The Morgan fingerprint density at radius 3 is 2.48 bits per heavy atom. The molecule has 1 aromatic heterocycles. The molecule has 0 spiro atoms. The van der Waals surface area contributed by atoms with Gasteiger partial charge in [-0.25, -0.2) is 9.88 Å². The number of hydrogen-bond acceptors (Lipinski definition) is 3. The van der Waals surface area contributed by atoms with Crippen LogP contribution in [0.1, 0.15) is 24.8 Å². The number of carbonyl (C=O) groups excluding carboxylic acids is 2. The third-order valence-electron chi connectivity index (χ3n) is 4.92. The van der Waals surface area contributed by atoms with Gasteiger partial charge in [-0.15, -0.1) is 0 Å². The number of imide groups is 1. The fraction of sp³-hybridized carbons (Fsp3) is 0.190. The number of pyridine rings is 1. The summed E-state index contributed by atoms with van der Waals surface area (Å²) in [6.45, 7) is 2.00. The molecule has 124 valence electrons. The zero-order chi connectivity index (χ0) is 17.4. The van der Waals surface area contributed by atoms with E-state index in [9.17, 15) is 9.59 Å². The molecule has 0 unspecified atom stereocenters. The second-order valence-electron chi connectivity index (χ2n) is 6.44. The highest BCUT2D eigenvalue weighted by Gasteiger charge is 2.43. The van der Waals surface area contributed by atoms with Crippen molar-refractivity contribution in [3.63, 3.8) is 0 Å². The Morgan fingerprint density at radius 1 is 0.960 bits per heavy atom. The number of nitrogens with zero attached hydrogens (tertiary/aromatic N) is 2. The summed E-state index contributed by atoms with van der Waals surface area (Å²) in [5.41, 5.74) is 1.85. The van der Waals surface area contributed by atoms with Crippen LogP contribution in [-0.4, -0.2) is 16.8 Å². The molecule has 4 rings (SSSR count). The van der Waals surface area contributed by atoms with Crippen molar-refractivity contribution in [2.24, 2.45) is 5.92 Å². The average molecular weight is 330 g/mol. The topological polar surface area (TPSA) is 50.3 Å². The molecule has 2 atom stereocenters. The molecule has 1 fully saturated rings. The normalized spacial score (nSPS) is 18.8. The van der Waals surface area contributed by atoms with E-state index in [-0.39, 0.29) is 30.1 Å². The molecule has 0 aliphatic carbocycles. The number of carbonyl (C=O) groups is 2. The van der Waals surface area contributed by atoms with Gasteiger partial charge in [0.25, 0.3) is 0 Å². The van der Waals surface area contributed by atoms with Crippen LogP contribution in [0.15, 0.2) is 66.7 Å². The lowest BCUT2D eigenvalue weighted by atomic mass is 9.86. The number of hydrogen-bond donors (Lipinski definition) is 0. The number of rotatable bonds is 3. The van der Waals surface area contributed by atoms with Gasteiger partial charge in [0.05, 0.1) is 11.4 Å². The van der Waals surface area contributed by atoms with Gasteiger partial charge in [-0.2, -0.15) is 0 Å². The smallest absolute Gasteiger partial charge is 0.239 e. The van der Waals surface area contributed by atoms with Crippen molar-refractivity contribution in [2.75, 3.05) is 4.90 Å². The predicted molar refractivity (Wildman–Crippen MR) is 97.2 cm³/mol. The van der Waals surface area contributed by atoms with Gasteiger partial charge in [-0.3, -0.25) is 9.59 Å². The van der Waals surface area contributed by atoms with Crippen LogP contribution in [-0.2, 0) is 9.59 Å². The maximum atomic E-state index is 12.9. The third-order valence-corrected chi connectivity index (χ3v) is 4.92. The van der Waals surface area contributed by atoms with Crippen LogP contribution in [0.2, 0.25) is 0 Å². The van der Waals surface area contributed by atoms with Crippen LogP contribution in [0.5, 0.6) is 0 Å². The quantitative estimate of drug-likeness (QED) is 0.684. The molecule has 4 nitrogen and oxygen atoms in total. The van der Waals surface area contributed by atoms with E-state index < -0.39 is 0 Å². The molecule has 0 bridgehead atoms. The highest BCUT2D eigenvalue weighted by Crippen LogP contribution is 2.35. The van der Waals surface area contributed by atoms with Crippen molar-refractivity contribution < 1.29 is 9.59 Å². The highest BCUT2D eigenvalue weighted by molar-refractivity contribution is 6.20. The predicted octanol–water partition coefficient (Wildman–Crippen LogP) is 3.92. The summed E-state index contributed by atoms with van der Waals surface area (Å²) in [6.07, 6.45) is 0.226. The molecule has 1 aliphatic rings. The average Bonchev–Trinajstić information content (AvgIpc) is 2.95. The van der Waals surface area contributed by atoms with Gasteiger partial charge in [0.15, 0.2) is 0 Å². The number of para-hydroxylation sites is 1. The molecule has 3 aromatic rings. The Bertz CT molecular complexity index is 952. The molecule has 0 N–H and O–H groups in total. The van der Waals surface area contributed by atoms with Crippen LogP contribution in [0.3, 0.4) is 0 Å². The first-order valence-corrected chi connectivity index (χ1v) is 8.42. The Labute approximate surface area is 146 Å². The van der Waals surface area contributed by atoms with E-state index in [1.165, 1.54) is 4.90 Å². The summed E-state index contributed by atoms with van der Waals surface area (Å²) in [5.74, 6) is -0.285. The lowest BCUT2D eigenvalue weighted by Gasteiger charge is -2.19. The minimum atomic E-state index is -0.344. The van der Waals surface area contributed by atoms with Crippen LogP contribution < -0.4 is 4.90 Å². The highest BCUT2D eigenvalue weighted by atomic mass is 16.2. The molecule has 2 heterocycles. The van der Waals surface area contributed by atoms with Crippen molar-refractivity contribution in [2.45, 2.75) is 19.3 Å². The van der Waals surface area contributed by atoms with Crippen molar-refractivity contribution in [1.82, 2.24) is 4.98 Å². The third kappa shape index (κ3) is 2.70. The van der Waals surface area contributed by atoms with Gasteiger partial charge in [0.1, 0.15) is 5.82 Å². The first kappa shape index (κ1) is 15.5. The maximum absolute atomic E-state index is 12.9. The first-order chi connectivity index (χ1) is 12.1. The molecule has 0 radical (unpaired) electrons. The SMILES string of the molecule is C[C@@H](c1ccccc1)[C@@H]1CC(=O)N(c2ccc3ccccc3n2)C1=O. The van der Waals surface area contributed by atoms with Gasteiger partial charge in [0, 0.05) is 11.8 Å². The van der Waals surface area contributed by atoms with Crippen molar-refractivity contribution in [1.29, 1.82) is 0 Å². The van der Waals surface area contributed by atoms with E-state index in [4.69, 9.17) is 0 Å². The fourth-order valence-electron chi connectivity index (χ4n) is 3.46. The van der Waals surface area contributed by atoms with Gasteiger partial charge >= 0.3 is 0 Å². The van der Waals surface area contributed by atoms with Crippen LogP contribution >= 0.6 is 0 Å². The van der Waals surface area contributed by atoms with E-state index in [0.29, 0.717) is 5.82 Å². The minimum absolute atomic E-state index is 0.0110. The van der Waals surface area contributed by atoms with Crippen LogP contribution in [0.25, 0.3) is 10.9 Å². The summed E-state index contributed by atoms with van der Waals surface area (Å²) >= 11 is 0. The number of anilines is 1. The van der Waals surface area contributed by atoms with E-state index >= 15 is 0 Å². The Kier molecular flexibility index (Phi) is 3.80. The molecule has 2 aromatic carbocycles. The standard InChI is InChI=1S/C21H18N2O2/c1-14(15-7-3-2-4-8-15)17-13-20(24)23(21(17)25)19-12-11-16-9-5-6-10-18(16)22-19/h2-12,14,17H,13H2,1H3/t14-,17-/m0/s1. The van der Waals surface area contributed by atoms with Gasteiger partial charge in [-0.1, -0.05) is 55.5 Å². The summed E-state index contributed by atoms with van der Waals surface area (Å²) in [6, 6.07) is 21.2. The molecule has 1 saturated heterocycles. The van der Waals surface area contributed by atoms with Gasteiger partial charge in [-0.05, 0) is 29.7 Å². The zero-order valence-electron chi connectivity index (χ0n) is 13.9. The first-order valence-electron chi connectivity index (χ1n) is 8.42. The molecule has 1 aliphatic heterocycles. The van der Waals surface area contributed by atoms with Crippen molar-refractivity contribution in [3.05, 3.63) is 72.3 Å². The largest absolute Gasteiger partial charge is 0.274 e. The van der Waals surface area contributed by atoms with Crippen LogP contribution in [0.4, 0.5) is 5.82 Å². The lowest BCUT2D eigenvalue weighted by molar-refractivity contribution is -0.122. The zero-order valence-corrected chi connectivity index (χ0v) is 13.9. The monoisotopic (exact) mass is 330 g/mol. The van der Waals surface area contributed by atoms with Crippen LogP contribution in [0, 0.1) is 5.92 Å². The molecule has 0 saturated carbocycles. The second-order valence-corrected chi connectivity index (χ2v) is 6.44. The summed E-state index contributed by atoms with van der Waals surface area (Å²) in [4.78, 5) is 31.2. The van der Waals surface area contributed by atoms with Gasteiger partial charge in [0.2, 0.25) is 11.8 Å². The number of amides is 2. The molecule has 4 heteroatoms. The summed E-state index contributed by atoms with van der Waals surface area (Å²) in [7, 11) is 0. The number of benzene rings is 2. The van der Waals surface area contributed by atoms with E-state index in [1.54, 1.807) is 6.07 Å². The Balaban J connectivity index is 1.66. The lowest BCUT2D eigenvalue weighted by Crippen LogP contribution is -2.32. The van der Waals surface area contributed by atoms with E-state index in [0.717, 1.165) is 16.5 Å². The molecule has 2 amide bonds. The molecule has 25 heavy (non-hydrogen) atoms. The second kappa shape index (κ2) is 6.13. The molecular weight excluding hydrogens is 312 g/mol. The Hall–Kier alpha value is -3.01. The molecular formula is C21H18N2O2. The van der Waals surface area contributed by atoms with Crippen molar-refractivity contribution >= 4 is 28.5 Å². The van der Waals surface area contributed by atoms with Crippen molar-refractivity contribution in [3.8, 4) is 0 Å². The Morgan fingerprint density at radius 2 is 1.68 bits per heavy atom. The maximum Gasteiger partial charge on any atom is 0.239 e. The summed E-state index contributed by atoms with van der Waals surface area (Å²) in [5, 5.41) is 0.986. The minimum Gasteiger partial charge on any atom is -0.274 e. The fourth-order valence-corrected chi connectivity index (χ4v) is 3.46. The van der Waals surface area contributed by atoms with E-state index in [2.05, 4.69) is 4.98 Å². The number of aromatic nitrogens is 1. The van der Waals surface area contributed by atoms with Gasteiger partial charge < -0.3 is 0 Å². The van der Waals surface area contributed by atoms with E-state index in [1.807, 2.05) is 67.6 Å². The summed E-state index contributed by atoms with van der Waals surface area (Å²) < 4.78 is 0. The number of fused-ring (bicyclic) bond motifs is 1.